The minimum Gasteiger partial charge on any atom is -0.497 e. The van der Waals surface area contributed by atoms with Crippen molar-refractivity contribution in [2.45, 2.75) is 50.0 Å². The number of aliphatic hydroxyl groups is 1. The molecule has 4 rings (SSSR count). The van der Waals surface area contributed by atoms with Gasteiger partial charge < -0.3 is 23.9 Å². The first-order valence-electron chi connectivity index (χ1n) is 9.07. The highest BCUT2D eigenvalue weighted by atomic mass is 16.7. The third-order valence-electron chi connectivity index (χ3n) is 5.61. The lowest BCUT2D eigenvalue weighted by molar-refractivity contribution is -0.203. The van der Waals surface area contributed by atoms with Crippen LogP contribution >= 0.6 is 0 Å². The molecule has 0 radical (unpaired) electrons. The minimum absolute atomic E-state index is 0.177. The summed E-state index contributed by atoms with van der Waals surface area (Å²) in [7, 11) is 1.59. The fourth-order valence-corrected chi connectivity index (χ4v) is 3.95. The molecular weight excluding hydrogens is 336 g/mol. The minimum atomic E-state index is -0.811. The van der Waals surface area contributed by atoms with Gasteiger partial charge in [0.05, 0.1) is 43.2 Å². The lowest BCUT2D eigenvalue weighted by Crippen LogP contribution is -2.44. The summed E-state index contributed by atoms with van der Waals surface area (Å²) in [6, 6.07) is 5.46. The molecule has 7 heteroatoms. The van der Waals surface area contributed by atoms with Gasteiger partial charge in [0.2, 0.25) is 0 Å². The third-order valence-corrected chi connectivity index (χ3v) is 5.61. The summed E-state index contributed by atoms with van der Waals surface area (Å²) in [6.45, 7) is 1.67. The van der Waals surface area contributed by atoms with Crippen LogP contribution in [0.4, 0.5) is 0 Å². The Balaban J connectivity index is 1.52. The van der Waals surface area contributed by atoms with Gasteiger partial charge in [0.25, 0.3) is 5.56 Å². The molecule has 0 atom stereocenters. The molecule has 7 nitrogen and oxygen atoms in total. The number of hydrogen-bond acceptors (Lipinski definition) is 6. The van der Waals surface area contributed by atoms with Crippen LogP contribution in [0.3, 0.4) is 0 Å². The molecule has 1 spiro atoms. The van der Waals surface area contributed by atoms with Crippen LogP contribution in [0.5, 0.6) is 5.75 Å². The van der Waals surface area contributed by atoms with Crippen LogP contribution in [0, 0.1) is 0 Å². The fraction of sp³-hybridized carbons (Fsp3) is 0.579. The van der Waals surface area contributed by atoms with Gasteiger partial charge in [0.15, 0.2) is 5.79 Å². The van der Waals surface area contributed by atoms with E-state index >= 15 is 0 Å². The lowest BCUT2D eigenvalue weighted by Gasteiger charge is -2.40. The van der Waals surface area contributed by atoms with Crippen molar-refractivity contribution >= 4 is 11.0 Å². The average molecular weight is 360 g/mol. The van der Waals surface area contributed by atoms with Gasteiger partial charge in [-0.25, -0.2) is 4.98 Å². The summed E-state index contributed by atoms with van der Waals surface area (Å²) >= 11 is 0. The zero-order valence-corrected chi connectivity index (χ0v) is 14.9. The molecule has 140 valence electrons. The number of methoxy groups -OCH3 is 1. The van der Waals surface area contributed by atoms with E-state index in [1.165, 1.54) is 6.20 Å². The molecule has 2 fully saturated rings. The number of nitrogens with zero attached hydrogens (tertiary/aromatic N) is 2. The van der Waals surface area contributed by atoms with E-state index in [9.17, 15) is 9.90 Å². The molecular formula is C19H24N2O5. The number of aryl methyl sites for hydroxylation is 1. The van der Waals surface area contributed by atoms with Gasteiger partial charge in [0.1, 0.15) is 5.75 Å². The summed E-state index contributed by atoms with van der Waals surface area (Å²) in [6.07, 6.45) is 4.41. The predicted octanol–water partition coefficient (Wildman–Crippen LogP) is 1.84. The lowest BCUT2D eigenvalue weighted by atomic mass is 9.79. The molecule has 26 heavy (non-hydrogen) atoms. The van der Waals surface area contributed by atoms with E-state index in [0.717, 1.165) is 11.0 Å². The molecule has 1 aliphatic carbocycles. The second kappa shape index (κ2) is 6.64. The van der Waals surface area contributed by atoms with E-state index in [0.29, 0.717) is 57.6 Å². The maximum absolute atomic E-state index is 12.4. The standard InChI is InChI=1S/C19H24N2O5/c1-24-14-2-3-15-16(12-14)21(17(22)13-20-15)9-8-18(23)4-6-19(7-5-18)25-10-11-26-19/h2-3,12-13,23H,4-11H2,1H3. The first kappa shape index (κ1) is 17.5. The van der Waals surface area contributed by atoms with Crippen molar-refractivity contribution in [3.8, 4) is 5.75 Å². The van der Waals surface area contributed by atoms with E-state index in [-0.39, 0.29) is 5.56 Å². The van der Waals surface area contributed by atoms with Crippen LogP contribution < -0.4 is 10.3 Å². The van der Waals surface area contributed by atoms with Crippen LogP contribution in [0.15, 0.2) is 29.2 Å². The largest absolute Gasteiger partial charge is 0.497 e. The zero-order valence-electron chi connectivity index (χ0n) is 14.9. The number of aromatic nitrogens is 2. The van der Waals surface area contributed by atoms with Crippen molar-refractivity contribution in [2.75, 3.05) is 20.3 Å². The van der Waals surface area contributed by atoms with Gasteiger partial charge in [-0.2, -0.15) is 0 Å². The third kappa shape index (κ3) is 3.22. The first-order chi connectivity index (χ1) is 12.5. The number of fused-ring (bicyclic) bond motifs is 1. The molecule has 0 amide bonds. The topological polar surface area (TPSA) is 82.8 Å². The molecule has 1 saturated carbocycles. The molecule has 2 heterocycles. The SMILES string of the molecule is COc1ccc2ncc(=O)n(CCC3(O)CCC4(CC3)OCCO4)c2c1. The zero-order chi connectivity index (χ0) is 18.2. The van der Waals surface area contributed by atoms with Gasteiger partial charge >= 0.3 is 0 Å². The van der Waals surface area contributed by atoms with Crippen molar-refractivity contribution in [3.63, 3.8) is 0 Å². The van der Waals surface area contributed by atoms with Crippen molar-refractivity contribution in [1.29, 1.82) is 0 Å². The Kier molecular flexibility index (Phi) is 4.46. The highest BCUT2D eigenvalue weighted by molar-refractivity contribution is 5.76. The second-order valence-electron chi connectivity index (χ2n) is 7.18. The van der Waals surface area contributed by atoms with Gasteiger partial charge in [-0.05, 0) is 31.4 Å². The Hall–Kier alpha value is -1.96. The first-order valence-corrected chi connectivity index (χ1v) is 9.07. The summed E-state index contributed by atoms with van der Waals surface area (Å²) < 4.78 is 18.4. The van der Waals surface area contributed by atoms with Gasteiger partial charge in [-0.15, -0.1) is 0 Å². The smallest absolute Gasteiger partial charge is 0.269 e. The second-order valence-corrected chi connectivity index (χ2v) is 7.18. The summed E-state index contributed by atoms with van der Waals surface area (Å²) in [5.74, 6) is 0.173. The van der Waals surface area contributed by atoms with Crippen molar-refractivity contribution in [3.05, 3.63) is 34.7 Å². The van der Waals surface area contributed by atoms with E-state index < -0.39 is 11.4 Å². The number of hydrogen-bond donors (Lipinski definition) is 1. The molecule has 2 aliphatic rings. The van der Waals surface area contributed by atoms with Gasteiger partial charge in [-0.1, -0.05) is 0 Å². The summed E-state index contributed by atoms with van der Waals surface area (Å²) in [5.41, 5.74) is 0.459. The number of rotatable bonds is 4. The molecule has 1 aliphatic heterocycles. The number of benzene rings is 1. The molecule has 1 N–H and O–H groups in total. The Labute approximate surface area is 151 Å². The van der Waals surface area contributed by atoms with Crippen LogP contribution in [0.2, 0.25) is 0 Å². The normalized spacial score (nSPS) is 21.3. The van der Waals surface area contributed by atoms with Crippen molar-refractivity contribution < 1.29 is 19.3 Å². The molecule has 1 saturated heterocycles. The molecule has 1 aromatic heterocycles. The Bertz CT molecular complexity index is 847. The highest BCUT2D eigenvalue weighted by Crippen LogP contribution is 2.41. The molecule has 2 aromatic rings. The number of ether oxygens (including phenoxy) is 3. The Morgan fingerprint density at radius 3 is 2.65 bits per heavy atom. The van der Waals surface area contributed by atoms with Crippen molar-refractivity contribution in [2.24, 2.45) is 0 Å². The van der Waals surface area contributed by atoms with Crippen LogP contribution in [0.25, 0.3) is 11.0 Å². The van der Waals surface area contributed by atoms with Crippen LogP contribution in [0.1, 0.15) is 32.1 Å². The molecule has 0 bridgehead atoms. The Morgan fingerprint density at radius 1 is 1.23 bits per heavy atom. The van der Waals surface area contributed by atoms with Crippen LogP contribution in [-0.2, 0) is 16.0 Å². The highest BCUT2D eigenvalue weighted by Gasteiger charge is 2.45. The Morgan fingerprint density at radius 2 is 1.96 bits per heavy atom. The molecule has 1 aromatic carbocycles. The predicted molar refractivity (Wildman–Crippen MR) is 95.2 cm³/mol. The maximum atomic E-state index is 12.4. The average Bonchev–Trinajstić information content (AvgIpc) is 3.12. The molecule has 0 unspecified atom stereocenters. The van der Waals surface area contributed by atoms with Crippen LogP contribution in [-0.4, -0.2) is 46.4 Å². The van der Waals surface area contributed by atoms with Gasteiger partial charge in [-0.3, -0.25) is 4.79 Å². The van der Waals surface area contributed by atoms with Gasteiger partial charge in [0, 0.05) is 25.5 Å². The fourth-order valence-electron chi connectivity index (χ4n) is 3.95. The maximum Gasteiger partial charge on any atom is 0.269 e. The monoisotopic (exact) mass is 360 g/mol. The van der Waals surface area contributed by atoms with E-state index in [1.54, 1.807) is 11.7 Å². The summed E-state index contributed by atoms with van der Waals surface area (Å²) in [5, 5.41) is 11.0. The van der Waals surface area contributed by atoms with E-state index in [2.05, 4.69) is 4.98 Å². The van der Waals surface area contributed by atoms with E-state index in [1.807, 2.05) is 18.2 Å². The quantitative estimate of drug-likeness (QED) is 0.896. The summed E-state index contributed by atoms with van der Waals surface area (Å²) in [4.78, 5) is 16.5. The van der Waals surface area contributed by atoms with Crippen molar-refractivity contribution in [1.82, 2.24) is 9.55 Å². The van der Waals surface area contributed by atoms with E-state index in [4.69, 9.17) is 14.2 Å².